The SMILES string of the molecule is COCC(=O)C1CCN(Cc2ccccc2)CC1=O. The van der Waals surface area contributed by atoms with Crippen LogP contribution in [0.3, 0.4) is 0 Å². The van der Waals surface area contributed by atoms with Crippen molar-refractivity contribution >= 4 is 11.6 Å². The number of ether oxygens (including phenoxy) is 1. The van der Waals surface area contributed by atoms with Crippen LogP contribution in [-0.2, 0) is 20.9 Å². The van der Waals surface area contributed by atoms with Crippen molar-refractivity contribution in [2.45, 2.75) is 13.0 Å². The van der Waals surface area contributed by atoms with E-state index in [1.807, 2.05) is 30.3 Å². The van der Waals surface area contributed by atoms with Gasteiger partial charge in [0.25, 0.3) is 0 Å². The third kappa shape index (κ3) is 3.72. The molecule has 0 aliphatic carbocycles. The van der Waals surface area contributed by atoms with Crippen molar-refractivity contribution in [3.63, 3.8) is 0 Å². The number of carbonyl (C=O) groups is 2. The second kappa shape index (κ2) is 6.59. The molecule has 4 nitrogen and oxygen atoms in total. The molecule has 0 amide bonds. The number of benzene rings is 1. The van der Waals surface area contributed by atoms with Gasteiger partial charge in [0.05, 0.1) is 12.5 Å². The minimum absolute atomic E-state index is 0.0178. The van der Waals surface area contributed by atoms with Gasteiger partial charge in [0.2, 0.25) is 0 Å². The van der Waals surface area contributed by atoms with Crippen molar-refractivity contribution in [3.8, 4) is 0 Å². The molecule has 4 heteroatoms. The Morgan fingerprint density at radius 2 is 2.11 bits per heavy atom. The van der Waals surface area contributed by atoms with Gasteiger partial charge in [-0.25, -0.2) is 0 Å². The average molecular weight is 261 g/mol. The molecular formula is C15H19NO3. The summed E-state index contributed by atoms with van der Waals surface area (Å²) in [6.45, 7) is 1.93. The quantitative estimate of drug-likeness (QED) is 0.749. The average Bonchev–Trinajstić information content (AvgIpc) is 2.40. The molecule has 0 saturated carbocycles. The molecule has 0 radical (unpaired) electrons. The van der Waals surface area contributed by atoms with Gasteiger partial charge in [0, 0.05) is 20.2 Å². The van der Waals surface area contributed by atoms with Crippen molar-refractivity contribution in [2.24, 2.45) is 5.92 Å². The molecule has 1 aromatic carbocycles. The van der Waals surface area contributed by atoms with Gasteiger partial charge in [0.15, 0.2) is 11.6 Å². The summed E-state index contributed by atoms with van der Waals surface area (Å²) in [5.74, 6) is -0.539. The number of likely N-dealkylation sites (tertiary alicyclic amines) is 1. The van der Waals surface area contributed by atoms with Gasteiger partial charge >= 0.3 is 0 Å². The second-order valence-corrected chi connectivity index (χ2v) is 4.90. The van der Waals surface area contributed by atoms with Gasteiger partial charge in [0.1, 0.15) is 6.61 Å². The smallest absolute Gasteiger partial charge is 0.168 e. The van der Waals surface area contributed by atoms with E-state index in [1.54, 1.807) is 0 Å². The molecule has 1 saturated heterocycles. The summed E-state index contributed by atoms with van der Waals surface area (Å²) in [6.07, 6.45) is 0.605. The largest absolute Gasteiger partial charge is 0.377 e. The summed E-state index contributed by atoms with van der Waals surface area (Å²) >= 11 is 0. The number of carbonyl (C=O) groups excluding carboxylic acids is 2. The Labute approximate surface area is 113 Å². The zero-order valence-electron chi connectivity index (χ0n) is 11.2. The normalized spacial score (nSPS) is 20.5. The van der Waals surface area contributed by atoms with E-state index in [4.69, 9.17) is 4.74 Å². The Morgan fingerprint density at radius 3 is 2.74 bits per heavy atom. The maximum absolute atomic E-state index is 12.0. The first-order chi connectivity index (χ1) is 9.20. The van der Waals surface area contributed by atoms with Crippen LogP contribution in [0.2, 0.25) is 0 Å². The summed E-state index contributed by atoms with van der Waals surface area (Å²) < 4.78 is 4.81. The minimum atomic E-state index is -0.466. The first kappa shape index (κ1) is 13.9. The van der Waals surface area contributed by atoms with E-state index in [-0.39, 0.29) is 18.2 Å². The number of Topliss-reactive ketones (excluding diaryl/α,β-unsaturated/α-hetero) is 2. The summed E-state index contributed by atoms with van der Waals surface area (Å²) in [6, 6.07) is 10.1. The summed E-state index contributed by atoms with van der Waals surface area (Å²) in [4.78, 5) is 25.8. The molecule has 1 fully saturated rings. The molecule has 1 heterocycles. The third-order valence-corrected chi connectivity index (χ3v) is 3.43. The zero-order chi connectivity index (χ0) is 13.7. The van der Waals surface area contributed by atoms with Crippen LogP contribution in [0.4, 0.5) is 0 Å². The molecule has 1 unspecified atom stereocenters. The number of nitrogens with zero attached hydrogens (tertiary/aromatic N) is 1. The van der Waals surface area contributed by atoms with E-state index in [0.29, 0.717) is 13.0 Å². The van der Waals surface area contributed by atoms with E-state index in [1.165, 1.54) is 12.7 Å². The number of methoxy groups -OCH3 is 1. The lowest BCUT2D eigenvalue weighted by atomic mass is 9.91. The molecule has 0 aromatic heterocycles. The Bertz CT molecular complexity index is 444. The monoisotopic (exact) mass is 261 g/mol. The van der Waals surface area contributed by atoms with Crippen molar-refractivity contribution in [1.82, 2.24) is 4.90 Å². The minimum Gasteiger partial charge on any atom is -0.377 e. The molecule has 1 aliphatic rings. The lowest BCUT2D eigenvalue weighted by molar-refractivity contribution is -0.138. The summed E-state index contributed by atoms with van der Waals surface area (Å²) in [7, 11) is 1.48. The van der Waals surface area contributed by atoms with Gasteiger partial charge in [-0.2, -0.15) is 0 Å². The van der Waals surface area contributed by atoms with Crippen LogP contribution in [0, 0.1) is 5.92 Å². The molecule has 0 N–H and O–H groups in total. The molecule has 1 atom stereocenters. The highest BCUT2D eigenvalue weighted by atomic mass is 16.5. The van der Waals surface area contributed by atoms with Crippen molar-refractivity contribution in [1.29, 1.82) is 0 Å². The fourth-order valence-corrected chi connectivity index (χ4v) is 2.44. The lowest BCUT2D eigenvalue weighted by Gasteiger charge is -2.30. The van der Waals surface area contributed by atoms with Gasteiger partial charge in [-0.15, -0.1) is 0 Å². The van der Waals surface area contributed by atoms with Crippen LogP contribution < -0.4 is 0 Å². The van der Waals surface area contributed by atoms with E-state index in [2.05, 4.69) is 4.90 Å². The molecule has 1 aliphatic heterocycles. The van der Waals surface area contributed by atoms with Crippen molar-refractivity contribution in [3.05, 3.63) is 35.9 Å². The van der Waals surface area contributed by atoms with Crippen LogP contribution in [0.5, 0.6) is 0 Å². The Hall–Kier alpha value is -1.52. The number of ketones is 2. The number of hydrogen-bond acceptors (Lipinski definition) is 4. The van der Waals surface area contributed by atoms with Crippen LogP contribution in [-0.4, -0.2) is 43.3 Å². The van der Waals surface area contributed by atoms with Gasteiger partial charge in [-0.3, -0.25) is 14.5 Å². The Kier molecular flexibility index (Phi) is 4.82. The zero-order valence-corrected chi connectivity index (χ0v) is 11.2. The first-order valence-electron chi connectivity index (χ1n) is 6.51. The topological polar surface area (TPSA) is 46.6 Å². The van der Waals surface area contributed by atoms with E-state index in [9.17, 15) is 9.59 Å². The molecule has 19 heavy (non-hydrogen) atoms. The van der Waals surface area contributed by atoms with Gasteiger partial charge < -0.3 is 4.74 Å². The molecule has 0 bridgehead atoms. The van der Waals surface area contributed by atoms with Crippen molar-refractivity contribution < 1.29 is 14.3 Å². The summed E-state index contributed by atoms with van der Waals surface area (Å²) in [5, 5.41) is 0. The number of hydrogen-bond donors (Lipinski definition) is 0. The molecule has 1 aromatic rings. The highest BCUT2D eigenvalue weighted by Gasteiger charge is 2.31. The fraction of sp³-hybridized carbons (Fsp3) is 0.467. The van der Waals surface area contributed by atoms with E-state index >= 15 is 0 Å². The maximum atomic E-state index is 12.0. The Morgan fingerprint density at radius 1 is 1.37 bits per heavy atom. The van der Waals surface area contributed by atoms with Gasteiger partial charge in [-0.1, -0.05) is 30.3 Å². The fourth-order valence-electron chi connectivity index (χ4n) is 2.44. The molecule has 0 spiro atoms. The van der Waals surface area contributed by atoms with Crippen LogP contribution in [0.15, 0.2) is 30.3 Å². The molecular weight excluding hydrogens is 242 g/mol. The van der Waals surface area contributed by atoms with Crippen molar-refractivity contribution in [2.75, 3.05) is 26.8 Å². The molecule has 2 rings (SSSR count). The van der Waals surface area contributed by atoms with Crippen LogP contribution >= 0.6 is 0 Å². The van der Waals surface area contributed by atoms with Crippen LogP contribution in [0.25, 0.3) is 0 Å². The van der Waals surface area contributed by atoms with Gasteiger partial charge in [-0.05, 0) is 12.0 Å². The lowest BCUT2D eigenvalue weighted by Crippen LogP contribution is -2.44. The van der Waals surface area contributed by atoms with Crippen LogP contribution in [0.1, 0.15) is 12.0 Å². The molecule has 102 valence electrons. The number of rotatable bonds is 5. The van der Waals surface area contributed by atoms with E-state index < -0.39 is 5.92 Å². The predicted octanol–water partition coefficient (Wildman–Crippen LogP) is 1.29. The highest BCUT2D eigenvalue weighted by Crippen LogP contribution is 2.17. The Balaban J connectivity index is 1.90. The highest BCUT2D eigenvalue weighted by molar-refractivity contribution is 6.04. The maximum Gasteiger partial charge on any atom is 0.168 e. The predicted molar refractivity (Wildman–Crippen MR) is 71.7 cm³/mol. The third-order valence-electron chi connectivity index (χ3n) is 3.43. The second-order valence-electron chi connectivity index (χ2n) is 4.90. The first-order valence-corrected chi connectivity index (χ1v) is 6.51. The van der Waals surface area contributed by atoms with E-state index in [0.717, 1.165) is 13.1 Å². The standard InChI is InChI=1S/C15H19NO3/c1-19-11-15(18)13-7-8-16(10-14(13)17)9-12-5-3-2-4-6-12/h2-6,13H,7-11H2,1H3. The number of piperidine rings is 1. The summed E-state index contributed by atoms with van der Waals surface area (Å²) in [5.41, 5.74) is 1.19.